The van der Waals surface area contributed by atoms with E-state index in [0.717, 1.165) is 24.6 Å². The van der Waals surface area contributed by atoms with Crippen LogP contribution in [0.25, 0.3) is 0 Å². The van der Waals surface area contributed by atoms with Crippen molar-refractivity contribution in [3.8, 4) is 0 Å². The van der Waals surface area contributed by atoms with Crippen molar-refractivity contribution in [2.45, 2.75) is 25.8 Å². The van der Waals surface area contributed by atoms with E-state index < -0.39 is 0 Å². The molecule has 3 rings (SSSR count). The van der Waals surface area contributed by atoms with Crippen molar-refractivity contribution in [1.82, 2.24) is 10.3 Å². The monoisotopic (exact) mass is 273 g/mol. The first kappa shape index (κ1) is 12.6. The molecule has 4 heteroatoms. The van der Waals surface area contributed by atoms with Crippen molar-refractivity contribution in [2.24, 2.45) is 0 Å². The van der Waals surface area contributed by atoms with E-state index >= 15 is 0 Å². The fraction of sp³-hybridized carbons (Fsp3) is 0.400. The molecule has 0 amide bonds. The van der Waals surface area contributed by atoms with Crippen LogP contribution in [0.3, 0.4) is 0 Å². The topological polar surface area (TPSA) is 37.0 Å². The summed E-state index contributed by atoms with van der Waals surface area (Å²) in [4.78, 5) is 5.59. The van der Waals surface area contributed by atoms with E-state index in [1.54, 1.807) is 11.3 Å². The number of rotatable bonds is 5. The van der Waals surface area contributed by atoms with E-state index in [-0.39, 0.29) is 0 Å². The van der Waals surface area contributed by atoms with Crippen LogP contribution >= 0.6 is 11.3 Å². The van der Waals surface area contributed by atoms with E-state index in [2.05, 4.69) is 46.8 Å². The van der Waals surface area contributed by atoms with Gasteiger partial charge < -0.3 is 10.6 Å². The third-order valence-corrected chi connectivity index (χ3v) is 4.49. The zero-order valence-electron chi connectivity index (χ0n) is 11.1. The molecule has 1 aromatic heterocycles. The van der Waals surface area contributed by atoms with Gasteiger partial charge >= 0.3 is 0 Å². The fourth-order valence-electron chi connectivity index (χ4n) is 2.59. The number of para-hydroxylation sites is 1. The van der Waals surface area contributed by atoms with Crippen molar-refractivity contribution in [3.05, 3.63) is 45.9 Å². The third-order valence-electron chi connectivity index (χ3n) is 3.58. The quantitative estimate of drug-likeness (QED) is 0.822. The van der Waals surface area contributed by atoms with Crippen LogP contribution < -0.4 is 10.6 Å². The molecule has 1 aliphatic rings. The largest absolute Gasteiger partial charge is 0.384 e. The van der Waals surface area contributed by atoms with E-state index in [0.29, 0.717) is 5.92 Å². The lowest BCUT2D eigenvalue weighted by molar-refractivity contribution is 0.595. The van der Waals surface area contributed by atoms with Gasteiger partial charge in [-0.25, -0.2) is 4.98 Å². The second-order valence-corrected chi connectivity index (χ2v) is 6.30. The maximum absolute atomic E-state index is 4.27. The number of anilines is 1. The lowest BCUT2D eigenvalue weighted by Crippen LogP contribution is -2.17. The maximum atomic E-state index is 4.27. The average molecular weight is 273 g/mol. The normalized spacial score (nSPS) is 17.2. The smallest absolute Gasteiger partial charge is 0.0897 e. The van der Waals surface area contributed by atoms with E-state index in [1.165, 1.54) is 22.5 Å². The van der Waals surface area contributed by atoms with Crippen LogP contribution in [0.15, 0.2) is 30.5 Å². The molecule has 1 unspecified atom stereocenters. The summed E-state index contributed by atoms with van der Waals surface area (Å²) in [5.41, 5.74) is 2.78. The van der Waals surface area contributed by atoms with Gasteiger partial charge in [-0.15, -0.1) is 11.3 Å². The summed E-state index contributed by atoms with van der Waals surface area (Å²) in [5.74, 6) is 0.645. The Labute approximate surface area is 118 Å². The number of hydrogen-bond donors (Lipinski definition) is 2. The van der Waals surface area contributed by atoms with Gasteiger partial charge in [-0.05, 0) is 31.5 Å². The van der Waals surface area contributed by atoms with Gasteiger partial charge in [0, 0.05) is 35.8 Å². The SMILES string of the molecule is Cc1ncc(CNCCC2CNc3ccccc32)s1. The van der Waals surface area contributed by atoms with Gasteiger partial charge in [-0.1, -0.05) is 18.2 Å². The summed E-state index contributed by atoms with van der Waals surface area (Å²) in [6, 6.07) is 8.64. The lowest BCUT2D eigenvalue weighted by Gasteiger charge is -2.10. The maximum Gasteiger partial charge on any atom is 0.0897 e. The first-order valence-electron chi connectivity index (χ1n) is 6.78. The zero-order valence-corrected chi connectivity index (χ0v) is 12.0. The molecule has 0 fully saturated rings. The van der Waals surface area contributed by atoms with Crippen LogP contribution in [-0.2, 0) is 6.54 Å². The Kier molecular flexibility index (Phi) is 3.80. The zero-order chi connectivity index (χ0) is 13.1. The van der Waals surface area contributed by atoms with E-state index in [9.17, 15) is 0 Å². The predicted molar refractivity (Wildman–Crippen MR) is 80.8 cm³/mol. The van der Waals surface area contributed by atoms with Crippen LogP contribution in [0.1, 0.15) is 27.8 Å². The number of aryl methyl sites for hydroxylation is 1. The first-order chi connectivity index (χ1) is 9.33. The van der Waals surface area contributed by atoms with Crippen LogP contribution in [-0.4, -0.2) is 18.1 Å². The number of benzene rings is 1. The van der Waals surface area contributed by atoms with Crippen molar-refractivity contribution in [1.29, 1.82) is 0 Å². The minimum Gasteiger partial charge on any atom is -0.384 e. The van der Waals surface area contributed by atoms with Gasteiger partial charge in [-0.2, -0.15) is 0 Å². The molecular formula is C15H19N3S. The molecule has 0 aliphatic carbocycles. The molecule has 2 N–H and O–H groups in total. The highest BCUT2D eigenvalue weighted by molar-refractivity contribution is 7.11. The summed E-state index contributed by atoms with van der Waals surface area (Å²) in [5, 5.41) is 8.14. The summed E-state index contributed by atoms with van der Waals surface area (Å²) in [6.45, 7) is 5.11. The first-order valence-corrected chi connectivity index (χ1v) is 7.59. The van der Waals surface area contributed by atoms with Crippen LogP contribution in [0.4, 0.5) is 5.69 Å². The highest BCUT2D eigenvalue weighted by Gasteiger charge is 2.20. The molecule has 3 nitrogen and oxygen atoms in total. The Balaban J connectivity index is 1.46. The summed E-state index contributed by atoms with van der Waals surface area (Å²) < 4.78 is 0. The molecule has 0 spiro atoms. The molecule has 2 aromatic rings. The Morgan fingerprint density at radius 2 is 2.32 bits per heavy atom. The Bertz CT molecular complexity index is 550. The molecule has 100 valence electrons. The minimum atomic E-state index is 0.645. The number of thiazole rings is 1. The molecule has 2 heterocycles. The number of nitrogens with zero attached hydrogens (tertiary/aromatic N) is 1. The Morgan fingerprint density at radius 3 is 3.16 bits per heavy atom. The molecule has 19 heavy (non-hydrogen) atoms. The molecule has 1 atom stereocenters. The number of fused-ring (bicyclic) bond motifs is 1. The highest BCUT2D eigenvalue weighted by atomic mass is 32.1. The second kappa shape index (κ2) is 5.72. The van der Waals surface area contributed by atoms with E-state index in [1.807, 2.05) is 6.20 Å². The molecule has 0 saturated carbocycles. The number of aromatic nitrogens is 1. The number of nitrogens with one attached hydrogen (secondary N) is 2. The van der Waals surface area contributed by atoms with Gasteiger partial charge in [0.2, 0.25) is 0 Å². The van der Waals surface area contributed by atoms with Gasteiger partial charge in [0.05, 0.1) is 5.01 Å². The molecule has 0 radical (unpaired) electrons. The lowest BCUT2D eigenvalue weighted by atomic mass is 9.98. The van der Waals surface area contributed by atoms with Gasteiger partial charge in [0.1, 0.15) is 0 Å². The van der Waals surface area contributed by atoms with Crippen LogP contribution in [0, 0.1) is 6.92 Å². The van der Waals surface area contributed by atoms with Crippen molar-refractivity contribution < 1.29 is 0 Å². The van der Waals surface area contributed by atoms with Crippen molar-refractivity contribution in [2.75, 3.05) is 18.4 Å². The minimum absolute atomic E-state index is 0.645. The molecule has 0 saturated heterocycles. The highest BCUT2D eigenvalue weighted by Crippen LogP contribution is 2.32. The molecular weight excluding hydrogens is 254 g/mol. The van der Waals surface area contributed by atoms with Gasteiger partial charge in [0.15, 0.2) is 0 Å². The fourth-order valence-corrected chi connectivity index (χ4v) is 3.35. The standard InChI is InChI=1S/C15H19N3S/c1-11-17-10-13(19-11)9-16-7-6-12-8-18-15-5-3-2-4-14(12)15/h2-5,10,12,16,18H,6-9H2,1H3. The van der Waals surface area contributed by atoms with Crippen LogP contribution in [0.2, 0.25) is 0 Å². The Morgan fingerprint density at radius 1 is 1.42 bits per heavy atom. The molecule has 1 aromatic carbocycles. The van der Waals surface area contributed by atoms with Crippen LogP contribution in [0.5, 0.6) is 0 Å². The summed E-state index contributed by atoms with van der Waals surface area (Å²) in [6.07, 6.45) is 3.15. The average Bonchev–Trinajstić information content (AvgIpc) is 3.02. The third kappa shape index (κ3) is 2.96. The number of hydrogen-bond acceptors (Lipinski definition) is 4. The summed E-state index contributed by atoms with van der Waals surface area (Å²) >= 11 is 1.77. The molecule has 1 aliphatic heterocycles. The van der Waals surface area contributed by atoms with E-state index in [4.69, 9.17) is 0 Å². The predicted octanol–water partition coefficient (Wildman–Crippen LogP) is 3.14. The van der Waals surface area contributed by atoms with Crippen molar-refractivity contribution >= 4 is 17.0 Å². The van der Waals surface area contributed by atoms with Gasteiger partial charge in [0.25, 0.3) is 0 Å². The molecule has 0 bridgehead atoms. The van der Waals surface area contributed by atoms with Crippen molar-refractivity contribution in [3.63, 3.8) is 0 Å². The van der Waals surface area contributed by atoms with Gasteiger partial charge in [-0.3, -0.25) is 0 Å². The summed E-state index contributed by atoms with van der Waals surface area (Å²) in [7, 11) is 0. The second-order valence-electron chi connectivity index (χ2n) is 4.98. The Hall–Kier alpha value is -1.39.